The maximum Gasteiger partial charge on any atom is 0.239 e. The highest BCUT2D eigenvalue weighted by atomic mass is 16.2. The third kappa shape index (κ3) is 5.49. The van der Waals surface area contributed by atoms with Crippen LogP contribution in [-0.4, -0.2) is 48.4 Å². The molecule has 1 rings (SSSR count). The quantitative estimate of drug-likeness (QED) is 0.768. The molecule has 2 atom stereocenters. The van der Waals surface area contributed by atoms with Crippen molar-refractivity contribution in [1.82, 2.24) is 15.5 Å². The van der Waals surface area contributed by atoms with Gasteiger partial charge < -0.3 is 10.2 Å². The van der Waals surface area contributed by atoms with Crippen molar-refractivity contribution in [2.75, 3.05) is 19.6 Å². The van der Waals surface area contributed by atoms with E-state index < -0.39 is 0 Å². The molecule has 1 heterocycles. The minimum absolute atomic E-state index is 0.0444. The van der Waals surface area contributed by atoms with Crippen LogP contribution in [0.1, 0.15) is 47.0 Å². The van der Waals surface area contributed by atoms with E-state index in [0.717, 1.165) is 25.9 Å². The first-order chi connectivity index (χ1) is 9.41. The number of piperidine rings is 1. The maximum atomic E-state index is 12.3. The van der Waals surface area contributed by atoms with Crippen LogP contribution in [-0.2, 0) is 9.59 Å². The van der Waals surface area contributed by atoms with Crippen LogP contribution in [0.5, 0.6) is 0 Å². The summed E-state index contributed by atoms with van der Waals surface area (Å²) >= 11 is 0. The fourth-order valence-electron chi connectivity index (χ4n) is 2.37. The second-order valence-corrected chi connectivity index (χ2v) is 6.13. The molecule has 1 aliphatic heterocycles. The number of hydrogen-bond acceptors (Lipinski definition) is 3. The molecule has 0 aromatic carbocycles. The Morgan fingerprint density at radius 2 is 1.60 bits per heavy atom. The van der Waals surface area contributed by atoms with E-state index in [2.05, 4.69) is 24.5 Å². The van der Waals surface area contributed by atoms with Gasteiger partial charge in [-0.1, -0.05) is 13.8 Å². The molecule has 2 unspecified atom stereocenters. The topological polar surface area (TPSA) is 61.4 Å². The molecule has 20 heavy (non-hydrogen) atoms. The molecule has 0 bridgehead atoms. The molecule has 0 radical (unpaired) electrons. The van der Waals surface area contributed by atoms with Gasteiger partial charge in [0.15, 0.2) is 0 Å². The van der Waals surface area contributed by atoms with E-state index in [4.69, 9.17) is 0 Å². The Bertz CT molecular complexity index is 325. The lowest BCUT2D eigenvalue weighted by Gasteiger charge is -2.30. The van der Waals surface area contributed by atoms with E-state index >= 15 is 0 Å². The van der Waals surface area contributed by atoms with Crippen molar-refractivity contribution in [1.29, 1.82) is 0 Å². The summed E-state index contributed by atoms with van der Waals surface area (Å²) < 4.78 is 0. The summed E-state index contributed by atoms with van der Waals surface area (Å²) in [5.74, 6) is 0.490. The van der Waals surface area contributed by atoms with E-state index in [1.807, 2.05) is 11.8 Å². The van der Waals surface area contributed by atoms with Gasteiger partial charge in [-0.05, 0) is 39.0 Å². The van der Waals surface area contributed by atoms with E-state index in [0.29, 0.717) is 12.5 Å². The lowest BCUT2D eigenvalue weighted by molar-refractivity contribution is -0.134. The molecule has 0 spiro atoms. The summed E-state index contributed by atoms with van der Waals surface area (Å²) in [6, 6.07) is -0.662. The Balaban J connectivity index is 2.37. The summed E-state index contributed by atoms with van der Waals surface area (Å²) in [5.41, 5.74) is 0. The van der Waals surface area contributed by atoms with Gasteiger partial charge in [0, 0.05) is 19.6 Å². The molecule has 1 fully saturated rings. The first-order valence-corrected chi connectivity index (χ1v) is 7.74. The molecule has 2 amide bonds. The van der Waals surface area contributed by atoms with Crippen LogP contribution < -0.4 is 10.6 Å². The summed E-state index contributed by atoms with van der Waals surface area (Å²) in [6.07, 6.45) is 3.38. The van der Waals surface area contributed by atoms with Crippen molar-refractivity contribution in [3.05, 3.63) is 0 Å². The van der Waals surface area contributed by atoms with Crippen LogP contribution in [0.15, 0.2) is 0 Å². The number of nitrogens with zero attached hydrogens (tertiary/aromatic N) is 1. The number of carbonyl (C=O) groups excluding carboxylic acids is 2. The predicted molar refractivity (Wildman–Crippen MR) is 80.3 cm³/mol. The lowest BCUT2D eigenvalue weighted by Crippen LogP contribution is -2.53. The zero-order chi connectivity index (χ0) is 15.1. The zero-order valence-electron chi connectivity index (χ0n) is 13.2. The second-order valence-electron chi connectivity index (χ2n) is 6.13. The fourth-order valence-corrected chi connectivity index (χ4v) is 2.37. The molecule has 2 N–H and O–H groups in total. The largest absolute Gasteiger partial charge is 0.354 e. The molecule has 5 heteroatoms. The second kappa shape index (κ2) is 8.25. The number of amides is 2. The number of rotatable bonds is 6. The molecular weight excluding hydrogens is 254 g/mol. The van der Waals surface area contributed by atoms with Crippen LogP contribution >= 0.6 is 0 Å². The molecule has 116 valence electrons. The molecule has 0 aromatic heterocycles. The molecule has 0 aromatic rings. The molecule has 0 aliphatic carbocycles. The minimum atomic E-state index is -0.350. The smallest absolute Gasteiger partial charge is 0.239 e. The van der Waals surface area contributed by atoms with Gasteiger partial charge in [0.2, 0.25) is 11.8 Å². The summed E-state index contributed by atoms with van der Waals surface area (Å²) in [5, 5.41) is 5.98. The van der Waals surface area contributed by atoms with Crippen molar-refractivity contribution < 1.29 is 9.59 Å². The van der Waals surface area contributed by atoms with Crippen molar-refractivity contribution in [3.8, 4) is 0 Å². The molecular formula is C15H29N3O2. The average Bonchev–Trinajstić information content (AvgIpc) is 2.44. The van der Waals surface area contributed by atoms with Crippen molar-refractivity contribution in [2.24, 2.45) is 5.92 Å². The first-order valence-electron chi connectivity index (χ1n) is 7.74. The van der Waals surface area contributed by atoms with Gasteiger partial charge in [0.25, 0.3) is 0 Å². The van der Waals surface area contributed by atoms with E-state index in [9.17, 15) is 9.59 Å². The van der Waals surface area contributed by atoms with Crippen LogP contribution in [0.25, 0.3) is 0 Å². The summed E-state index contributed by atoms with van der Waals surface area (Å²) in [7, 11) is 0. The number of likely N-dealkylation sites (tertiary alicyclic amines) is 1. The number of carbonyl (C=O) groups is 2. The summed E-state index contributed by atoms with van der Waals surface area (Å²) in [6.45, 7) is 10.1. The molecule has 1 saturated heterocycles. The number of nitrogens with one attached hydrogen (secondary N) is 2. The number of hydrogen-bond donors (Lipinski definition) is 2. The van der Waals surface area contributed by atoms with E-state index in [-0.39, 0.29) is 23.9 Å². The van der Waals surface area contributed by atoms with Gasteiger partial charge in [-0.2, -0.15) is 0 Å². The average molecular weight is 283 g/mol. The van der Waals surface area contributed by atoms with Crippen LogP contribution in [0.3, 0.4) is 0 Å². The Hall–Kier alpha value is -1.10. The third-order valence-corrected chi connectivity index (χ3v) is 3.62. The Morgan fingerprint density at radius 3 is 2.15 bits per heavy atom. The van der Waals surface area contributed by atoms with Gasteiger partial charge in [-0.3, -0.25) is 14.9 Å². The lowest BCUT2D eigenvalue weighted by atomic mass is 10.1. The Labute approximate surface area is 122 Å². The van der Waals surface area contributed by atoms with Gasteiger partial charge in [-0.15, -0.1) is 0 Å². The van der Waals surface area contributed by atoms with E-state index in [1.54, 1.807) is 6.92 Å². The Kier molecular flexibility index (Phi) is 6.99. The fraction of sp³-hybridized carbons (Fsp3) is 0.867. The van der Waals surface area contributed by atoms with Gasteiger partial charge >= 0.3 is 0 Å². The van der Waals surface area contributed by atoms with Crippen molar-refractivity contribution in [3.63, 3.8) is 0 Å². The highest BCUT2D eigenvalue weighted by molar-refractivity contribution is 5.84. The SMILES string of the molecule is CC(C)CNC(=O)C(C)NC(C)C(=O)N1CCCCC1. The van der Waals surface area contributed by atoms with Crippen LogP contribution in [0.2, 0.25) is 0 Å². The monoisotopic (exact) mass is 283 g/mol. The highest BCUT2D eigenvalue weighted by Gasteiger charge is 2.24. The Morgan fingerprint density at radius 1 is 1.00 bits per heavy atom. The van der Waals surface area contributed by atoms with Gasteiger partial charge in [0.1, 0.15) is 0 Å². The van der Waals surface area contributed by atoms with Crippen molar-refractivity contribution >= 4 is 11.8 Å². The maximum absolute atomic E-state index is 12.3. The standard InChI is InChI=1S/C15H29N3O2/c1-11(2)10-16-14(19)12(3)17-13(4)15(20)18-8-6-5-7-9-18/h11-13,17H,5-10H2,1-4H3,(H,16,19). The first kappa shape index (κ1) is 17.0. The van der Waals surface area contributed by atoms with Crippen LogP contribution in [0.4, 0.5) is 0 Å². The molecule has 0 saturated carbocycles. The normalized spacial score (nSPS) is 18.8. The molecule has 1 aliphatic rings. The van der Waals surface area contributed by atoms with Gasteiger partial charge in [0.05, 0.1) is 12.1 Å². The van der Waals surface area contributed by atoms with E-state index in [1.165, 1.54) is 6.42 Å². The van der Waals surface area contributed by atoms with Crippen LogP contribution in [0, 0.1) is 5.92 Å². The zero-order valence-corrected chi connectivity index (χ0v) is 13.2. The third-order valence-electron chi connectivity index (χ3n) is 3.62. The minimum Gasteiger partial charge on any atom is -0.354 e. The highest BCUT2D eigenvalue weighted by Crippen LogP contribution is 2.10. The van der Waals surface area contributed by atoms with Gasteiger partial charge in [-0.25, -0.2) is 0 Å². The summed E-state index contributed by atoms with van der Waals surface area (Å²) in [4.78, 5) is 26.0. The molecule has 5 nitrogen and oxygen atoms in total. The predicted octanol–water partition coefficient (Wildman–Crippen LogP) is 1.14. The van der Waals surface area contributed by atoms with Crippen molar-refractivity contribution in [2.45, 2.75) is 59.0 Å².